The van der Waals surface area contributed by atoms with Gasteiger partial charge in [0, 0.05) is 24.2 Å². The van der Waals surface area contributed by atoms with Gasteiger partial charge in [-0.05, 0) is 41.2 Å². The summed E-state index contributed by atoms with van der Waals surface area (Å²) in [5, 5.41) is 3.46. The van der Waals surface area contributed by atoms with Crippen LogP contribution >= 0.6 is 0 Å². The molecule has 4 nitrogen and oxygen atoms in total. The lowest BCUT2D eigenvalue weighted by Gasteiger charge is -2.32. The van der Waals surface area contributed by atoms with Gasteiger partial charge in [0.15, 0.2) is 9.84 Å². The summed E-state index contributed by atoms with van der Waals surface area (Å²) in [6.07, 6.45) is 0.776. The minimum Gasteiger partial charge on any atom is -0.311 e. The predicted octanol–water partition coefficient (Wildman–Crippen LogP) is 0.882. The highest BCUT2D eigenvalue weighted by molar-refractivity contribution is 7.91. The van der Waals surface area contributed by atoms with E-state index < -0.39 is 9.84 Å². The van der Waals surface area contributed by atoms with Gasteiger partial charge in [-0.3, -0.25) is 4.90 Å². The summed E-state index contributed by atoms with van der Waals surface area (Å²) in [5.74, 6) is 0.671. The van der Waals surface area contributed by atoms with Crippen molar-refractivity contribution in [3.05, 3.63) is 0 Å². The van der Waals surface area contributed by atoms with Crippen LogP contribution in [0, 0.1) is 0 Å². The van der Waals surface area contributed by atoms with Gasteiger partial charge in [-0.25, -0.2) is 8.42 Å². The minimum atomic E-state index is -2.78. The van der Waals surface area contributed by atoms with Gasteiger partial charge in [-0.1, -0.05) is 0 Å². The van der Waals surface area contributed by atoms with Crippen LogP contribution in [0.4, 0.5) is 0 Å². The molecule has 2 unspecified atom stereocenters. The molecule has 0 aromatic rings. The molecule has 1 aliphatic rings. The molecule has 1 heterocycles. The molecule has 17 heavy (non-hydrogen) atoms. The zero-order valence-electron chi connectivity index (χ0n) is 11.7. The molecule has 102 valence electrons. The van der Waals surface area contributed by atoms with E-state index in [-0.39, 0.29) is 11.6 Å². The van der Waals surface area contributed by atoms with Crippen LogP contribution in [0.2, 0.25) is 0 Å². The van der Waals surface area contributed by atoms with Crippen LogP contribution in [0.15, 0.2) is 0 Å². The predicted molar refractivity (Wildman–Crippen MR) is 72.0 cm³/mol. The van der Waals surface area contributed by atoms with Gasteiger partial charge in [0.2, 0.25) is 0 Å². The zero-order chi connectivity index (χ0) is 13.3. The molecule has 2 atom stereocenters. The highest BCUT2D eigenvalue weighted by atomic mass is 32.2. The molecule has 1 N–H and O–H groups in total. The number of rotatable bonds is 4. The maximum Gasteiger partial charge on any atom is 0.151 e. The second kappa shape index (κ2) is 5.24. The summed E-state index contributed by atoms with van der Waals surface area (Å²) in [5.41, 5.74) is 0.108. The van der Waals surface area contributed by atoms with Gasteiger partial charge >= 0.3 is 0 Å². The van der Waals surface area contributed by atoms with Crippen LogP contribution in [0.25, 0.3) is 0 Å². The second-order valence-electron chi connectivity index (χ2n) is 6.20. The number of hydrogen-bond acceptors (Lipinski definition) is 4. The fraction of sp³-hybridized carbons (Fsp3) is 1.00. The smallest absolute Gasteiger partial charge is 0.151 e. The van der Waals surface area contributed by atoms with Crippen molar-refractivity contribution in [3.63, 3.8) is 0 Å². The maximum absolute atomic E-state index is 11.4. The lowest BCUT2D eigenvalue weighted by Crippen LogP contribution is -2.48. The number of nitrogens with zero attached hydrogens (tertiary/aromatic N) is 1. The quantitative estimate of drug-likeness (QED) is 0.817. The highest BCUT2D eigenvalue weighted by Gasteiger charge is 2.32. The first-order chi connectivity index (χ1) is 7.61. The summed E-state index contributed by atoms with van der Waals surface area (Å²) in [6.45, 7) is 9.44. The number of likely N-dealkylation sites (N-methyl/N-ethyl adjacent to an activating group) is 1. The van der Waals surface area contributed by atoms with Crippen LogP contribution in [0.3, 0.4) is 0 Å². The maximum atomic E-state index is 11.4. The Morgan fingerprint density at radius 1 is 1.41 bits per heavy atom. The third kappa shape index (κ3) is 4.94. The molecule has 0 bridgehead atoms. The molecule has 1 aliphatic heterocycles. The SMILES string of the molecule is CC(CNC(C)(C)C)N(C)C1CCS(=O)(=O)C1. The van der Waals surface area contributed by atoms with Crippen LogP contribution in [0.5, 0.6) is 0 Å². The lowest BCUT2D eigenvalue weighted by molar-refractivity contribution is 0.186. The molecule has 1 saturated heterocycles. The molecule has 0 saturated carbocycles. The van der Waals surface area contributed by atoms with Crippen molar-refractivity contribution in [2.45, 2.75) is 51.7 Å². The Labute approximate surface area is 106 Å². The highest BCUT2D eigenvalue weighted by Crippen LogP contribution is 2.18. The summed E-state index contributed by atoms with van der Waals surface area (Å²) in [7, 11) is -0.751. The fourth-order valence-electron chi connectivity index (χ4n) is 2.05. The van der Waals surface area contributed by atoms with Crippen molar-refractivity contribution in [2.24, 2.45) is 0 Å². The second-order valence-corrected chi connectivity index (χ2v) is 8.43. The topological polar surface area (TPSA) is 49.4 Å². The van der Waals surface area contributed by atoms with Crippen molar-refractivity contribution in [3.8, 4) is 0 Å². The Morgan fingerprint density at radius 3 is 2.41 bits per heavy atom. The minimum absolute atomic E-state index is 0.108. The fourth-order valence-corrected chi connectivity index (χ4v) is 3.84. The first-order valence-electron chi connectivity index (χ1n) is 6.28. The lowest BCUT2D eigenvalue weighted by atomic mass is 10.1. The van der Waals surface area contributed by atoms with Crippen LogP contribution < -0.4 is 5.32 Å². The van der Waals surface area contributed by atoms with Crippen LogP contribution in [0.1, 0.15) is 34.1 Å². The monoisotopic (exact) mass is 262 g/mol. The molecule has 1 fully saturated rings. The largest absolute Gasteiger partial charge is 0.311 e. The third-order valence-corrected chi connectivity index (χ3v) is 5.16. The van der Waals surface area contributed by atoms with Gasteiger partial charge in [0.05, 0.1) is 11.5 Å². The van der Waals surface area contributed by atoms with E-state index in [9.17, 15) is 8.42 Å². The standard InChI is InChI=1S/C12H26N2O2S/c1-10(8-13-12(2,3)4)14(5)11-6-7-17(15,16)9-11/h10-11,13H,6-9H2,1-5H3. The molecular weight excluding hydrogens is 236 g/mol. The Balaban J connectivity index is 2.45. The van der Waals surface area contributed by atoms with E-state index >= 15 is 0 Å². The van der Waals surface area contributed by atoms with E-state index in [4.69, 9.17) is 0 Å². The van der Waals surface area contributed by atoms with E-state index in [1.807, 2.05) is 7.05 Å². The third-order valence-electron chi connectivity index (χ3n) is 3.41. The average molecular weight is 262 g/mol. The first-order valence-corrected chi connectivity index (χ1v) is 8.10. The van der Waals surface area contributed by atoms with E-state index in [1.54, 1.807) is 0 Å². The zero-order valence-corrected chi connectivity index (χ0v) is 12.5. The molecule has 1 rings (SSSR count). The Hall–Kier alpha value is -0.130. The summed E-state index contributed by atoms with van der Waals surface area (Å²) >= 11 is 0. The molecule has 0 amide bonds. The van der Waals surface area contributed by atoms with Crippen LogP contribution in [-0.4, -0.2) is 56.0 Å². The summed E-state index contributed by atoms with van der Waals surface area (Å²) in [6, 6.07) is 0.546. The summed E-state index contributed by atoms with van der Waals surface area (Å²) in [4.78, 5) is 2.20. The van der Waals surface area contributed by atoms with Gasteiger partial charge in [-0.15, -0.1) is 0 Å². The van der Waals surface area contributed by atoms with Crippen molar-refractivity contribution < 1.29 is 8.42 Å². The van der Waals surface area contributed by atoms with Crippen molar-refractivity contribution in [1.29, 1.82) is 0 Å². The Kier molecular flexibility index (Phi) is 4.60. The Morgan fingerprint density at radius 2 is 2.00 bits per heavy atom. The van der Waals surface area contributed by atoms with E-state index in [2.05, 4.69) is 37.9 Å². The molecule has 0 aromatic heterocycles. The molecule has 0 spiro atoms. The van der Waals surface area contributed by atoms with Crippen molar-refractivity contribution in [1.82, 2.24) is 10.2 Å². The van der Waals surface area contributed by atoms with Gasteiger partial charge < -0.3 is 5.32 Å². The van der Waals surface area contributed by atoms with Gasteiger partial charge in [-0.2, -0.15) is 0 Å². The number of sulfone groups is 1. The normalized spacial score (nSPS) is 26.4. The van der Waals surface area contributed by atoms with Gasteiger partial charge in [0.25, 0.3) is 0 Å². The van der Waals surface area contributed by atoms with Crippen molar-refractivity contribution >= 4 is 9.84 Å². The van der Waals surface area contributed by atoms with E-state index in [0.717, 1.165) is 13.0 Å². The van der Waals surface area contributed by atoms with Crippen molar-refractivity contribution in [2.75, 3.05) is 25.1 Å². The van der Waals surface area contributed by atoms with Gasteiger partial charge in [0.1, 0.15) is 0 Å². The first kappa shape index (κ1) is 14.9. The average Bonchev–Trinajstić information content (AvgIpc) is 2.53. The van der Waals surface area contributed by atoms with Crippen LogP contribution in [-0.2, 0) is 9.84 Å². The summed E-state index contributed by atoms with van der Waals surface area (Å²) < 4.78 is 22.9. The van der Waals surface area contributed by atoms with E-state index in [1.165, 1.54) is 0 Å². The Bertz CT molecular complexity index is 346. The molecule has 0 radical (unpaired) electrons. The molecule has 0 aromatic carbocycles. The molecule has 0 aliphatic carbocycles. The number of nitrogens with one attached hydrogen (secondary N) is 1. The van der Waals surface area contributed by atoms with E-state index in [0.29, 0.717) is 17.5 Å². The molecule has 5 heteroatoms. The number of hydrogen-bond donors (Lipinski definition) is 1. The molecular formula is C12H26N2O2S.